The van der Waals surface area contributed by atoms with Crippen molar-refractivity contribution in [2.75, 3.05) is 0 Å². The fourth-order valence-corrected chi connectivity index (χ4v) is 9.26. The molecule has 0 radical (unpaired) electrons. The van der Waals surface area contributed by atoms with Gasteiger partial charge in [0.25, 0.3) is 0 Å². The summed E-state index contributed by atoms with van der Waals surface area (Å²) in [6, 6.07) is 80.4. The largest absolute Gasteiger partial charge is 0.309 e. The smallest absolute Gasteiger partial charge is 0.0674 e. The van der Waals surface area contributed by atoms with E-state index in [-0.39, 0.29) is 6.04 Å². The predicted molar refractivity (Wildman–Crippen MR) is 282 cm³/mol. The number of aromatic nitrogens is 2. The van der Waals surface area contributed by atoms with Crippen LogP contribution in [0.3, 0.4) is 0 Å². The van der Waals surface area contributed by atoms with Crippen LogP contribution in [0.25, 0.3) is 82.9 Å². The Morgan fingerprint density at radius 2 is 0.955 bits per heavy atom. The lowest BCUT2D eigenvalue weighted by Gasteiger charge is -2.18. The van der Waals surface area contributed by atoms with E-state index in [0.29, 0.717) is 0 Å². The summed E-state index contributed by atoms with van der Waals surface area (Å²) in [6.45, 7) is 10.0. The standard InChI is InChI=1S/C59H44N4.C3H6/c1-60-54(39-55(43-21-10-4-11-22-43)61-40-41-17-6-2-7-18-41)47-23-16-26-49(35-47)63-58-32-29-44(42-19-8-3-9-20-42)36-52(58)53-38-46(31-34-59(53)63)45-30-33-57-51(37-45)50-27-14-15-28-56(50)62(57)48-24-12-5-13-25-48;1-3-2/h2-39,55,61H,1,40H2;3H,1H2,2H3/b54-39-;. The summed E-state index contributed by atoms with van der Waals surface area (Å²) < 4.78 is 4.77. The number of fused-ring (bicyclic) bond motifs is 6. The Morgan fingerprint density at radius 1 is 0.485 bits per heavy atom. The first-order valence-corrected chi connectivity index (χ1v) is 22.5. The third-order valence-electron chi connectivity index (χ3n) is 12.3. The van der Waals surface area contributed by atoms with Crippen LogP contribution < -0.4 is 5.32 Å². The zero-order chi connectivity index (χ0) is 44.8. The molecule has 0 spiro atoms. The molecule has 318 valence electrons. The maximum Gasteiger partial charge on any atom is 0.0674 e. The Hall–Kier alpha value is -8.31. The quantitative estimate of drug-likeness (QED) is 0.102. The summed E-state index contributed by atoms with van der Waals surface area (Å²) in [5.74, 6) is 0. The minimum atomic E-state index is -0.0762. The maximum absolute atomic E-state index is 4.64. The molecule has 11 rings (SSSR count). The summed E-state index contributed by atoms with van der Waals surface area (Å²) in [4.78, 5) is 4.64. The number of nitrogens with zero attached hydrogens (tertiary/aromatic N) is 3. The van der Waals surface area contributed by atoms with Crippen LogP contribution in [0, 0.1) is 0 Å². The van der Waals surface area contributed by atoms with Gasteiger partial charge in [0.1, 0.15) is 0 Å². The van der Waals surface area contributed by atoms with Crippen molar-refractivity contribution in [1.82, 2.24) is 14.5 Å². The molecule has 1 atom stereocenters. The van der Waals surface area contributed by atoms with Gasteiger partial charge in [0.15, 0.2) is 0 Å². The van der Waals surface area contributed by atoms with Crippen LogP contribution in [-0.4, -0.2) is 15.9 Å². The molecule has 1 unspecified atom stereocenters. The highest BCUT2D eigenvalue weighted by molar-refractivity contribution is 6.13. The lowest BCUT2D eigenvalue weighted by molar-refractivity contribution is 0.621. The lowest BCUT2D eigenvalue weighted by atomic mass is 9.99. The van der Waals surface area contributed by atoms with Crippen LogP contribution in [0.15, 0.2) is 248 Å². The van der Waals surface area contributed by atoms with E-state index in [9.17, 15) is 0 Å². The summed E-state index contributed by atoms with van der Waals surface area (Å²) in [5.41, 5.74) is 15.9. The third-order valence-corrected chi connectivity index (χ3v) is 12.3. The number of para-hydroxylation sites is 2. The second-order valence-electron chi connectivity index (χ2n) is 16.5. The van der Waals surface area contributed by atoms with Crippen LogP contribution in [0.4, 0.5) is 0 Å². The number of rotatable bonds is 11. The first-order valence-electron chi connectivity index (χ1n) is 22.5. The van der Waals surface area contributed by atoms with Crippen molar-refractivity contribution >= 4 is 56.0 Å². The molecule has 0 saturated heterocycles. The van der Waals surface area contributed by atoms with Crippen molar-refractivity contribution in [1.29, 1.82) is 0 Å². The molecule has 2 heterocycles. The van der Waals surface area contributed by atoms with Gasteiger partial charge in [-0.25, -0.2) is 0 Å². The minimum Gasteiger partial charge on any atom is -0.309 e. The van der Waals surface area contributed by atoms with Gasteiger partial charge in [-0.05, 0) is 120 Å². The molecule has 0 amide bonds. The summed E-state index contributed by atoms with van der Waals surface area (Å²) in [6.07, 6.45) is 3.95. The van der Waals surface area contributed by atoms with Crippen LogP contribution in [0.1, 0.15) is 29.7 Å². The second-order valence-corrected chi connectivity index (χ2v) is 16.5. The van der Waals surface area contributed by atoms with Gasteiger partial charge in [-0.2, -0.15) is 0 Å². The van der Waals surface area contributed by atoms with Gasteiger partial charge in [-0.1, -0.05) is 164 Å². The van der Waals surface area contributed by atoms with Crippen LogP contribution in [0.2, 0.25) is 0 Å². The van der Waals surface area contributed by atoms with E-state index in [1.54, 1.807) is 6.08 Å². The molecule has 2 aromatic heterocycles. The molecule has 1 N–H and O–H groups in total. The Kier molecular flexibility index (Phi) is 11.9. The average Bonchev–Trinajstić information content (AvgIpc) is 3.89. The number of nitrogens with one attached hydrogen (secondary N) is 1. The van der Waals surface area contributed by atoms with Crippen molar-refractivity contribution in [2.24, 2.45) is 4.99 Å². The molecule has 9 aromatic carbocycles. The molecule has 0 aliphatic heterocycles. The highest BCUT2D eigenvalue weighted by atomic mass is 15.0. The summed E-state index contributed by atoms with van der Waals surface area (Å²) >= 11 is 0. The monoisotopic (exact) mass is 850 g/mol. The summed E-state index contributed by atoms with van der Waals surface area (Å²) in [7, 11) is 0. The highest BCUT2D eigenvalue weighted by Crippen LogP contribution is 2.40. The molecule has 0 bridgehead atoms. The van der Waals surface area contributed by atoms with Crippen molar-refractivity contribution in [2.45, 2.75) is 19.5 Å². The zero-order valence-electron chi connectivity index (χ0n) is 37.1. The Labute approximate surface area is 386 Å². The van der Waals surface area contributed by atoms with E-state index in [1.807, 2.05) is 6.92 Å². The van der Waals surface area contributed by atoms with Gasteiger partial charge in [0, 0.05) is 45.0 Å². The van der Waals surface area contributed by atoms with Crippen molar-refractivity contribution < 1.29 is 0 Å². The molecule has 11 aromatic rings. The first kappa shape index (κ1) is 41.7. The topological polar surface area (TPSA) is 34.2 Å². The van der Waals surface area contributed by atoms with E-state index < -0.39 is 0 Å². The van der Waals surface area contributed by atoms with Crippen LogP contribution in [-0.2, 0) is 6.54 Å². The molecule has 4 nitrogen and oxygen atoms in total. The predicted octanol–water partition coefficient (Wildman–Crippen LogP) is 16.0. The molecule has 66 heavy (non-hydrogen) atoms. The molecular formula is C62H50N4. The van der Waals surface area contributed by atoms with Crippen LogP contribution >= 0.6 is 0 Å². The second kappa shape index (κ2) is 18.8. The average molecular weight is 851 g/mol. The van der Waals surface area contributed by atoms with Gasteiger partial charge < -0.3 is 14.5 Å². The zero-order valence-corrected chi connectivity index (χ0v) is 37.1. The van der Waals surface area contributed by atoms with Gasteiger partial charge in [-0.15, -0.1) is 6.58 Å². The Bertz CT molecular complexity index is 3510. The van der Waals surface area contributed by atoms with Crippen LogP contribution in [0.5, 0.6) is 0 Å². The van der Waals surface area contributed by atoms with E-state index in [1.165, 1.54) is 66.0 Å². The summed E-state index contributed by atoms with van der Waals surface area (Å²) in [5, 5.41) is 8.65. The lowest BCUT2D eigenvalue weighted by Crippen LogP contribution is -2.19. The Morgan fingerprint density at radius 3 is 1.56 bits per heavy atom. The van der Waals surface area contributed by atoms with Gasteiger partial charge in [0.05, 0.1) is 33.8 Å². The normalized spacial score (nSPS) is 12.0. The minimum absolute atomic E-state index is 0.0762. The van der Waals surface area contributed by atoms with Crippen molar-refractivity contribution in [3.63, 3.8) is 0 Å². The fraction of sp³-hybridized carbons (Fsp3) is 0.0484. The first-order chi connectivity index (χ1) is 32.6. The van der Waals surface area contributed by atoms with E-state index in [0.717, 1.165) is 40.2 Å². The fourth-order valence-electron chi connectivity index (χ4n) is 9.26. The molecule has 0 fully saturated rings. The molecule has 0 aliphatic rings. The molecular weight excluding hydrogens is 801 g/mol. The van der Waals surface area contributed by atoms with Crippen molar-refractivity contribution in [3.05, 3.63) is 260 Å². The van der Waals surface area contributed by atoms with Gasteiger partial charge in [0.2, 0.25) is 0 Å². The Balaban J connectivity index is 0.00000166. The number of aliphatic imine (C=N–C) groups is 1. The van der Waals surface area contributed by atoms with E-state index >= 15 is 0 Å². The maximum atomic E-state index is 4.64. The van der Waals surface area contributed by atoms with Gasteiger partial charge >= 0.3 is 0 Å². The molecule has 0 aliphatic carbocycles. The van der Waals surface area contributed by atoms with E-state index in [2.05, 4.69) is 263 Å². The number of benzene rings is 9. The number of hydrogen-bond donors (Lipinski definition) is 1. The van der Waals surface area contributed by atoms with E-state index in [4.69, 9.17) is 0 Å². The molecule has 0 saturated carbocycles. The third kappa shape index (κ3) is 8.18. The number of hydrogen-bond acceptors (Lipinski definition) is 2. The molecule has 4 heteroatoms. The number of allylic oxidation sites excluding steroid dienone is 1. The SMILES string of the molecule is C=CC.C=N/C(=C\C(NCc1ccccc1)c1ccccc1)c1cccc(-n2c3ccc(-c4ccccc4)cc3c3cc(-c4ccc5c(c4)c4ccccc4n5-c4ccccc4)ccc32)c1. The highest BCUT2D eigenvalue weighted by Gasteiger charge is 2.18. The van der Waals surface area contributed by atoms with Gasteiger partial charge in [-0.3, -0.25) is 4.99 Å². The van der Waals surface area contributed by atoms with Crippen molar-refractivity contribution in [3.8, 4) is 33.6 Å².